The van der Waals surface area contributed by atoms with Crippen LogP contribution in [0.1, 0.15) is 0 Å². The molecule has 0 amide bonds. The third-order valence-electron chi connectivity index (χ3n) is 0.807. The van der Waals surface area contributed by atoms with Crippen LogP contribution in [0.5, 0.6) is 6.01 Å². The van der Waals surface area contributed by atoms with E-state index < -0.39 is 0 Å². The zero-order chi connectivity index (χ0) is 7.40. The van der Waals surface area contributed by atoms with Crippen molar-refractivity contribution in [3.05, 3.63) is 0 Å². The van der Waals surface area contributed by atoms with Gasteiger partial charge in [0, 0.05) is 0 Å². The van der Waals surface area contributed by atoms with E-state index in [1.54, 1.807) is 0 Å². The van der Waals surface area contributed by atoms with Gasteiger partial charge in [-0.1, -0.05) is 22.0 Å². The third-order valence-corrected chi connectivity index (χ3v) is 1.34. The minimum Gasteiger partial charge on any atom is -0.465 e. The molecule has 0 atom stereocenters. The van der Waals surface area contributed by atoms with Crippen LogP contribution in [0.3, 0.4) is 0 Å². The molecule has 1 heterocycles. The average Bonchev–Trinajstić information content (AvgIpc) is 2.05. The highest BCUT2D eigenvalue weighted by Crippen LogP contribution is 2.04. The smallest absolute Gasteiger partial charge is 0.354 e. The van der Waals surface area contributed by atoms with Gasteiger partial charge in [0.2, 0.25) is 5.16 Å². The molecule has 1 aromatic rings. The van der Waals surface area contributed by atoms with E-state index in [4.69, 9.17) is 0 Å². The van der Waals surface area contributed by atoms with Gasteiger partial charge in [0.1, 0.15) is 0 Å². The van der Waals surface area contributed by atoms with Gasteiger partial charge in [0.25, 0.3) is 0 Å². The zero-order valence-corrected chi connectivity index (χ0v) is 6.42. The molecule has 0 aliphatic heterocycles. The Kier molecular flexibility index (Phi) is 2.38. The predicted molar refractivity (Wildman–Crippen MR) is 36.0 cm³/mol. The Balaban J connectivity index is 2.80. The summed E-state index contributed by atoms with van der Waals surface area (Å²) in [7, 11) is 1.47. The molecule has 0 aliphatic rings. The zero-order valence-electron chi connectivity index (χ0n) is 5.61. The number of nitrogens with zero attached hydrogens (tertiary/aromatic N) is 4. The van der Waals surface area contributed by atoms with Gasteiger partial charge in [-0.3, -0.25) is 0 Å². The van der Waals surface area contributed by atoms with Crippen LogP contribution < -0.4 is 4.74 Å². The Morgan fingerprint density at radius 3 is 2.20 bits per heavy atom. The second-order valence-corrected chi connectivity index (χ2v) is 2.15. The number of hydrogen-bond donors (Lipinski definition) is 0. The van der Waals surface area contributed by atoms with Crippen molar-refractivity contribution < 1.29 is 4.74 Å². The van der Waals surface area contributed by atoms with Crippen LogP contribution in [-0.2, 0) is 0 Å². The highest BCUT2D eigenvalue weighted by Gasteiger charge is 1.96. The Morgan fingerprint density at radius 2 is 1.80 bits per heavy atom. The summed E-state index contributed by atoms with van der Waals surface area (Å²) in [6.07, 6.45) is 1.85. The van der Waals surface area contributed by atoms with Crippen molar-refractivity contribution in [2.24, 2.45) is 0 Å². The summed E-state index contributed by atoms with van der Waals surface area (Å²) in [5, 5.41) is 15.1. The lowest BCUT2D eigenvalue weighted by Gasteiger charge is -1.93. The topological polar surface area (TPSA) is 60.8 Å². The normalized spacial score (nSPS) is 9.40. The summed E-state index contributed by atoms with van der Waals surface area (Å²) >= 11 is 1.39. The fourth-order valence-corrected chi connectivity index (χ4v) is 0.619. The van der Waals surface area contributed by atoms with Gasteiger partial charge in [0.05, 0.1) is 7.11 Å². The van der Waals surface area contributed by atoms with E-state index in [0.717, 1.165) is 0 Å². The van der Waals surface area contributed by atoms with E-state index in [0.29, 0.717) is 5.16 Å². The molecule has 1 rings (SSSR count). The lowest BCUT2D eigenvalue weighted by Crippen LogP contribution is -1.98. The van der Waals surface area contributed by atoms with Crippen molar-refractivity contribution in [2.45, 2.75) is 5.16 Å². The fraction of sp³-hybridized carbons (Fsp3) is 0.500. The first-order valence-electron chi connectivity index (χ1n) is 2.52. The van der Waals surface area contributed by atoms with E-state index in [1.807, 2.05) is 6.26 Å². The average molecular weight is 158 g/mol. The molecule has 0 fully saturated rings. The van der Waals surface area contributed by atoms with Crippen LogP contribution in [0.4, 0.5) is 0 Å². The van der Waals surface area contributed by atoms with E-state index in [9.17, 15) is 0 Å². The molecule has 54 valence electrons. The summed E-state index contributed by atoms with van der Waals surface area (Å²) in [5.74, 6) is 0. The molecular formula is C4H6N4OS. The first-order valence-corrected chi connectivity index (χ1v) is 3.74. The summed E-state index contributed by atoms with van der Waals surface area (Å²) in [6, 6.07) is 0.192. The predicted octanol–water partition coefficient (Wildman–Crippen LogP) is -0.00290. The van der Waals surface area contributed by atoms with E-state index in [2.05, 4.69) is 25.1 Å². The maximum atomic E-state index is 4.66. The Morgan fingerprint density at radius 1 is 1.20 bits per heavy atom. The van der Waals surface area contributed by atoms with E-state index in [1.165, 1.54) is 18.9 Å². The molecular weight excluding hydrogens is 152 g/mol. The maximum absolute atomic E-state index is 4.66. The molecule has 6 heteroatoms. The summed E-state index contributed by atoms with van der Waals surface area (Å²) < 4.78 is 4.66. The van der Waals surface area contributed by atoms with Crippen molar-refractivity contribution in [2.75, 3.05) is 13.4 Å². The van der Waals surface area contributed by atoms with Gasteiger partial charge in [-0.15, -0.1) is 10.2 Å². The Labute approximate surface area is 62.2 Å². The van der Waals surface area contributed by atoms with Gasteiger partial charge in [-0.2, -0.15) is 0 Å². The number of aromatic nitrogens is 4. The number of methoxy groups -OCH3 is 1. The number of rotatable bonds is 2. The van der Waals surface area contributed by atoms with E-state index in [-0.39, 0.29) is 6.01 Å². The molecule has 0 aliphatic carbocycles. The quantitative estimate of drug-likeness (QED) is 0.564. The van der Waals surface area contributed by atoms with Crippen LogP contribution in [0.15, 0.2) is 5.16 Å². The van der Waals surface area contributed by atoms with Crippen LogP contribution >= 0.6 is 11.8 Å². The monoisotopic (exact) mass is 158 g/mol. The molecule has 0 saturated heterocycles. The molecule has 0 unspecified atom stereocenters. The van der Waals surface area contributed by atoms with Crippen LogP contribution in [0.25, 0.3) is 0 Å². The van der Waals surface area contributed by atoms with Crippen molar-refractivity contribution in [3.63, 3.8) is 0 Å². The minimum absolute atomic E-state index is 0.192. The molecule has 0 aromatic carbocycles. The number of ether oxygens (including phenoxy) is 1. The first kappa shape index (κ1) is 7.20. The van der Waals surface area contributed by atoms with Gasteiger partial charge >= 0.3 is 6.01 Å². The largest absolute Gasteiger partial charge is 0.465 e. The lowest BCUT2D eigenvalue weighted by atomic mass is 11.2. The highest BCUT2D eigenvalue weighted by molar-refractivity contribution is 7.98. The van der Waals surface area contributed by atoms with Crippen LogP contribution in [0.2, 0.25) is 0 Å². The molecule has 10 heavy (non-hydrogen) atoms. The maximum Gasteiger partial charge on any atom is 0.354 e. The van der Waals surface area contributed by atoms with Gasteiger partial charge in [-0.05, 0) is 6.26 Å². The first-order chi connectivity index (χ1) is 4.86. The summed E-state index contributed by atoms with van der Waals surface area (Å²) in [6.45, 7) is 0. The lowest BCUT2D eigenvalue weighted by molar-refractivity contribution is 0.360. The molecule has 0 saturated carbocycles. The SMILES string of the molecule is COc1nnc(SC)nn1. The number of thioether (sulfide) groups is 1. The Bertz CT molecular complexity index is 178. The van der Waals surface area contributed by atoms with Crippen molar-refractivity contribution >= 4 is 11.8 Å². The second kappa shape index (κ2) is 3.31. The second-order valence-electron chi connectivity index (χ2n) is 1.37. The van der Waals surface area contributed by atoms with Gasteiger partial charge in [0.15, 0.2) is 0 Å². The summed E-state index contributed by atoms with van der Waals surface area (Å²) in [4.78, 5) is 0. The van der Waals surface area contributed by atoms with Crippen LogP contribution in [-0.4, -0.2) is 33.8 Å². The van der Waals surface area contributed by atoms with Gasteiger partial charge in [-0.25, -0.2) is 0 Å². The van der Waals surface area contributed by atoms with Crippen molar-refractivity contribution in [1.29, 1.82) is 0 Å². The van der Waals surface area contributed by atoms with Gasteiger partial charge < -0.3 is 4.74 Å². The Hall–Kier alpha value is -0.910. The number of hydrogen-bond acceptors (Lipinski definition) is 6. The fourth-order valence-electron chi connectivity index (χ4n) is 0.374. The van der Waals surface area contributed by atoms with Crippen LogP contribution in [0, 0.1) is 0 Å². The highest BCUT2D eigenvalue weighted by atomic mass is 32.2. The molecule has 0 bridgehead atoms. The molecule has 1 aromatic heterocycles. The third kappa shape index (κ3) is 1.53. The summed E-state index contributed by atoms with van der Waals surface area (Å²) in [5.41, 5.74) is 0. The minimum atomic E-state index is 0.192. The standard InChI is InChI=1S/C4H6N4OS/c1-9-3-5-7-4(10-2)8-6-3/h1-2H3. The molecule has 0 N–H and O–H groups in total. The molecule has 5 nitrogen and oxygen atoms in total. The van der Waals surface area contributed by atoms with E-state index >= 15 is 0 Å². The van der Waals surface area contributed by atoms with Crippen molar-refractivity contribution in [3.8, 4) is 6.01 Å². The molecule has 0 spiro atoms. The molecule has 0 radical (unpaired) electrons. The van der Waals surface area contributed by atoms with Crippen molar-refractivity contribution in [1.82, 2.24) is 20.4 Å².